The molecule has 0 fully saturated rings. The largest absolute Gasteiger partial charge is 0.480 e. The topological polar surface area (TPSA) is 95.1 Å². The molecule has 2 aromatic rings. The first-order chi connectivity index (χ1) is 10.8. The highest BCUT2D eigenvalue weighted by Gasteiger charge is 2.22. The minimum absolute atomic E-state index is 0.000770. The summed E-state index contributed by atoms with van der Waals surface area (Å²) in [4.78, 5) is 30.3. The Morgan fingerprint density at radius 2 is 1.91 bits per heavy atom. The van der Waals surface area contributed by atoms with Gasteiger partial charge in [0.25, 0.3) is 5.91 Å². The maximum atomic E-state index is 12.2. The summed E-state index contributed by atoms with van der Waals surface area (Å²) in [6.45, 7) is 6.27. The molecule has 122 valence electrons. The number of aromatic amines is 1. The molecule has 1 unspecified atom stereocenters. The number of aliphatic carboxylic acids is 1. The van der Waals surface area contributed by atoms with Crippen LogP contribution in [0.2, 0.25) is 0 Å². The lowest BCUT2D eigenvalue weighted by molar-refractivity contribution is -0.139. The second kappa shape index (κ2) is 6.64. The van der Waals surface area contributed by atoms with Crippen LogP contribution in [0.15, 0.2) is 36.8 Å². The molecule has 1 heterocycles. The fourth-order valence-corrected chi connectivity index (χ4v) is 2.18. The zero-order chi connectivity index (χ0) is 17.0. The highest BCUT2D eigenvalue weighted by molar-refractivity contribution is 5.96. The molecule has 0 aliphatic heterocycles. The SMILES string of the molecule is CC(C)(C)c1ccc(C(=O)NC(Cc2cnc[nH]2)C(=O)O)cc1. The average molecular weight is 315 g/mol. The van der Waals surface area contributed by atoms with Gasteiger partial charge in [-0.15, -0.1) is 0 Å². The molecule has 3 N–H and O–H groups in total. The standard InChI is InChI=1S/C17H21N3O3/c1-17(2,3)12-6-4-11(5-7-12)15(21)20-14(16(22)23)8-13-9-18-10-19-13/h4-7,9-10,14H,8H2,1-3H3,(H,18,19)(H,20,21)(H,22,23). The van der Waals surface area contributed by atoms with Gasteiger partial charge in [-0.1, -0.05) is 32.9 Å². The molecule has 6 nitrogen and oxygen atoms in total. The molecule has 0 saturated carbocycles. The van der Waals surface area contributed by atoms with Gasteiger partial charge in [0.15, 0.2) is 0 Å². The third-order valence-corrected chi connectivity index (χ3v) is 3.60. The van der Waals surface area contributed by atoms with Crippen LogP contribution in [-0.2, 0) is 16.6 Å². The number of rotatable bonds is 5. The van der Waals surface area contributed by atoms with Crippen LogP contribution >= 0.6 is 0 Å². The number of hydrogen-bond donors (Lipinski definition) is 3. The first-order valence-electron chi connectivity index (χ1n) is 7.39. The lowest BCUT2D eigenvalue weighted by Crippen LogP contribution is -2.42. The Labute approximate surface area is 135 Å². The van der Waals surface area contributed by atoms with Crippen molar-refractivity contribution in [3.8, 4) is 0 Å². The Kier molecular flexibility index (Phi) is 4.83. The fraction of sp³-hybridized carbons (Fsp3) is 0.353. The number of carboxylic acids is 1. The summed E-state index contributed by atoms with van der Waals surface area (Å²) in [7, 11) is 0. The van der Waals surface area contributed by atoms with Crippen LogP contribution in [0.1, 0.15) is 42.4 Å². The molecule has 1 amide bonds. The van der Waals surface area contributed by atoms with Gasteiger partial charge in [-0.25, -0.2) is 9.78 Å². The third-order valence-electron chi connectivity index (χ3n) is 3.60. The summed E-state index contributed by atoms with van der Waals surface area (Å²) < 4.78 is 0. The zero-order valence-corrected chi connectivity index (χ0v) is 13.5. The molecule has 0 aliphatic carbocycles. The van der Waals surface area contributed by atoms with Crippen molar-refractivity contribution < 1.29 is 14.7 Å². The molecular formula is C17H21N3O3. The number of nitrogens with one attached hydrogen (secondary N) is 2. The van der Waals surface area contributed by atoms with Crippen molar-refractivity contribution in [3.63, 3.8) is 0 Å². The van der Waals surface area contributed by atoms with E-state index in [0.717, 1.165) is 5.56 Å². The molecule has 0 spiro atoms. The van der Waals surface area contributed by atoms with E-state index in [1.165, 1.54) is 6.33 Å². The van der Waals surface area contributed by atoms with E-state index in [1.54, 1.807) is 18.3 Å². The van der Waals surface area contributed by atoms with Gasteiger partial charge in [-0.3, -0.25) is 4.79 Å². The van der Waals surface area contributed by atoms with Crippen LogP contribution in [0.5, 0.6) is 0 Å². The molecule has 0 radical (unpaired) electrons. The molecule has 1 aromatic heterocycles. The van der Waals surface area contributed by atoms with Crippen LogP contribution in [0.3, 0.4) is 0 Å². The molecule has 0 bridgehead atoms. The first-order valence-corrected chi connectivity index (χ1v) is 7.39. The van der Waals surface area contributed by atoms with E-state index in [0.29, 0.717) is 11.3 Å². The number of benzene rings is 1. The van der Waals surface area contributed by atoms with E-state index in [1.807, 2.05) is 12.1 Å². The molecule has 1 aromatic carbocycles. The van der Waals surface area contributed by atoms with Gasteiger partial charge in [0.2, 0.25) is 0 Å². The number of nitrogens with zero attached hydrogens (tertiary/aromatic N) is 1. The van der Waals surface area contributed by atoms with Crippen LogP contribution < -0.4 is 5.32 Å². The lowest BCUT2D eigenvalue weighted by atomic mass is 9.86. The van der Waals surface area contributed by atoms with Crippen molar-refractivity contribution in [3.05, 3.63) is 53.6 Å². The summed E-state index contributed by atoms with van der Waals surface area (Å²) >= 11 is 0. The Morgan fingerprint density at radius 1 is 1.26 bits per heavy atom. The second-order valence-electron chi connectivity index (χ2n) is 6.47. The molecule has 6 heteroatoms. The second-order valence-corrected chi connectivity index (χ2v) is 6.47. The van der Waals surface area contributed by atoms with Gasteiger partial charge in [0, 0.05) is 23.9 Å². The molecule has 23 heavy (non-hydrogen) atoms. The van der Waals surface area contributed by atoms with E-state index < -0.39 is 17.9 Å². The number of carbonyl (C=O) groups is 2. The number of H-pyrrole nitrogens is 1. The lowest BCUT2D eigenvalue weighted by Gasteiger charge is -2.19. The predicted molar refractivity (Wildman–Crippen MR) is 86.3 cm³/mol. The van der Waals surface area contributed by atoms with E-state index in [-0.39, 0.29) is 11.8 Å². The monoisotopic (exact) mass is 315 g/mol. The van der Waals surface area contributed by atoms with Crippen molar-refractivity contribution >= 4 is 11.9 Å². The summed E-state index contributed by atoms with van der Waals surface area (Å²) in [6, 6.07) is 6.19. The number of hydrogen-bond acceptors (Lipinski definition) is 3. The summed E-state index contributed by atoms with van der Waals surface area (Å²) in [5, 5.41) is 11.8. The van der Waals surface area contributed by atoms with Crippen LogP contribution in [-0.4, -0.2) is 33.0 Å². The predicted octanol–water partition coefficient (Wildman–Crippen LogP) is 2.13. The Balaban J connectivity index is 2.08. The normalized spacial score (nSPS) is 12.7. The smallest absolute Gasteiger partial charge is 0.326 e. The van der Waals surface area contributed by atoms with Gasteiger partial charge in [0.1, 0.15) is 6.04 Å². The number of carboxylic acid groups (broad SMARTS) is 1. The van der Waals surface area contributed by atoms with Crippen LogP contribution in [0.25, 0.3) is 0 Å². The third kappa shape index (κ3) is 4.42. The van der Waals surface area contributed by atoms with Crippen molar-refractivity contribution in [1.82, 2.24) is 15.3 Å². The highest BCUT2D eigenvalue weighted by atomic mass is 16.4. The average Bonchev–Trinajstić information content (AvgIpc) is 2.98. The maximum absolute atomic E-state index is 12.2. The van der Waals surface area contributed by atoms with Crippen molar-refractivity contribution in [2.24, 2.45) is 0 Å². The molecular weight excluding hydrogens is 294 g/mol. The van der Waals surface area contributed by atoms with Crippen molar-refractivity contribution in [2.75, 3.05) is 0 Å². The summed E-state index contributed by atoms with van der Waals surface area (Å²) in [6.07, 6.45) is 3.17. The maximum Gasteiger partial charge on any atom is 0.326 e. The van der Waals surface area contributed by atoms with E-state index >= 15 is 0 Å². The van der Waals surface area contributed by atoms with Crippen molar-refractivity contribution in [1.29, 1.82) is 0 Å². The molecule has 2 rings (SSSR count). The number of aromatic nitrogens is 2. The summed E-state index contributed by atoms with van der Waals surface area (Å²) in [5.74, 6) is -1.49. The Bertz CT molecular complexity index is 670. The number of amides is 1. The Morgan fingerprint density at radius 3 is 2.39 bits per heavy atom. The minimum Gasteiger partial charge on any atom is -0.480 e. The van der Waals surface area contributed by atoms with E-state index in [4.69, 9.17) is 0 Å². The molecule has 0 aliphatic rings. The van der Waals surface area contributed by atoms with E-state index in [9.17, 15) is 14.7 Å². The van der Waals surface area contributed by atoms with Gasteiger partial charge in [-0.05, 0) is 23.1 Å². The molecule has 0 saturated heterocycles. The van der Waals surface area contributed by atoms with Crippen LogP contribution in [0, 0.1) is 0 Å². The van der Waals surface area contributed by atoms with Gasteiger partial charge >= 0.3 is 5.97 Å². The summed E-state index contributed by atoms with van der Waals surface area (Å²) in [5.41, 5.74) is 2.20. The van der Waals surface area contributed by atoms with Crippen molar-refractivity contribution in [2.45, 2.75) is 38.6 Å². The quantitative estimate of drug-likeness (QED) is 0.787. The first kappa shape index (κ1) is 16.7. The fourth-order valence-electron chi connectivity index (χ4n) is 2.18. The van der Waals surface area contributed by atoms with Crippen LogP contribution in [0.4, 0.5) is 0 Å². The van der Waals surface area contributed by atoms with Gasteiger partial charge in [-0.2, -0.15) is 0 Å². The number of carbonyl (C=O) groups excluding carboxylic acids is 1. The zero-order valence-electron chi connectivity index (χ0n) is 13.5. The van der Waals surface area contributed by atoms with Gasteiger partial charge < -0.3 is 15.4 Å². The highest BCUT2D eigenvalue weighted by Crippen LogP contribution is 2.22. The number of imidazole rings is 1. The van der Waals surface area contributed by atoms with E-state index in [2.05, 4.69) is 36.1 Å². The van der Waals surface area contributed by atoms with Gasteiger partial charge in [0.05, 0.1) is 6.33 Å². The Hall–Kier alpha value is -2.63. The minimum atomic E-state index is -1.08. The molecule has 1 atom stereocenters.